The molecule has 3 unspecified atom stereocenters. The molecule has 0 amide bonds. The third-order valence-electron chi connectivity index (χ3n) is 5.90. The van der Waals surface area contributed by atoms with Gasteiger partial charge in [0.1, 0.15) is 11.9 Å². The van der Waals surface area contributed by atoms with Gasteiger partial charge in [-0.05, 0) is 24.6 Å². The molecular formula is C20H30FN5O. The van der Waals surface area contributed by atoms with Crippen LogP contribution in [-0.2, 0) is 4.74 Å². The van der Waals surface area contributed by atoms with Gasteiger partial charge >= 0.3 is 0 Å². The van der Waals surface area contributed by atoms with E-state index in [1.165, 1.54) is 38.3 Å². The molecule has 0 spiro atoms. The molecule has 0 aromatic heterocycles. The normalized spacial score (nSPS) is 34.0. The summed E-state index contributed by atoms with van der Waals surface area (Å²) in [5, 5.41) is 3.59. The number of guanidine groups is 1. The van der Waals surface area contributed by atoms with Crippen LogP contribution in [0.2, 0.25) is 0 Å². The second kappa shape index (κ2) is 8.12. The van der Waals surface area contributed by atoms with Crippen LogP contribution in [0.1, 0.15) is 18.6 Å². The Balaban J connectivity index is 1.38. The minimum Gasteiger partial charge on any atom is -0.367 e. The summed E-state index contributed by atoms with van der Waals surface area (Å²) in [7, 11) is 1.84. The molecule has 1 N–H and O–H groups in total. The largest absolute Gasteiger partial charge is 0.367 e. The van der Waals surface area contributed by atoms with Gasteiger partial charge in [-0.1, -0.05) is 12.1 Å². The van der Waals surface area contributed by atoms with Gasteiger partial charge in [-0.25, -0.2) is 4.39 Å². The molecule has 0 saturated carbocycles. The highest BCUT2D eigenvalue weighted by Gasteiger charge is 2.33. The van der Waals surface area contributed by atoms with Gasteiger partial charge in [-0.2, -0.15) is 0 Å². The molecule has 4 aliphatic heterocycles. The van der Waals surface area contributed by atoms with Crippen molar-refractivity contribution in [3.05, 3.63) is 35.6 Å². The standard InChI is InChI=1S/C20H30FN5O/c1-15-12-26(14-19(27-15)16-3-5-17(21)6-4-16)20(22-2)23-11-18-13-24-7-9-25(18)10-8-24/h3-6,15,18-19H,7-14H2,1-2H3,(H,22,23). The van der Waals surface area contributed by atoms with Gasteiger partial charge in [0.05, 0.1) is 12.6 Å². The lowest BCUT2D eigenvalue weighted by Crippen LogP contribution is -2.64. The third kappa shape index (κ3) is 4.25. The summed E-state index contributed by atoms with van der Waals surface area (Å²) in [6.45, 7) is 10.4. The molecule has 7 heteroatoms. The van der Waals surface area contributed by atoms with Crippen LogP contribution in [-0.4, -0.2) is 92.2 Å². The van der Waals surface area contributed by atoms with Gasteiger partial charge < -0.3 is 15.0 Å². The van der Waals surface area contributed by atoms with Gasteiger partial charge in [0.25, 0.3) is 0 Å². The van der Waals surface area contributed by atoms with Crippen LogP contribution in [0.5, 0.6) is 0 Å². The Labute approximate surface area is 161 Å². The number of nitrogens with one attached hydrogen (secondary N) is 1. The van der Waals surface area contributed by atoms with Crippen molar-refractivity contribution in [1.82, 2.24) is 20.0 Å². The van der Waals surface area contributed by atoms with Crippen LogP contribution in [0.25, 0.3) is 0 Å². The van der Waals surface area contributed by atoms with Crippen molar-refractivity contribution in [2.75, 3.05) is 59.4 Å². The zero-order chi connectivity index (χ0) is 18.8. The van der Waals surface area contributed by atoms with E-state index in [0.29, 0.717) is 6.04 Å². The quantitative estimate of drug-likeness (QED) is 0.635. The highest BCUT2D eigenvalue weighted by Crippen LogP contribution is 2.25. The minimum atomic E-state index is -0.218. The molecule has 4 fully saturated rings. The SMILES string of the molecule is CN=C(NCC1CN2CCN1CC2)N1CC(C)OC(c2ccc(F)cc2)C1. The lowest BCUT2D eigenvalue weighted by Gasteiger charge is -2.48. The van der Waals surface area contributed by atoms with Crippen molar-refractivity contribution in [1.29, 1.82) is 0 Å². The highest BCUT2D eigenvalue weighted by molar-refractivity contribution is 5.80. The summed E-state index contributed by atoms with van der Waals surface area (Å²) in [5.41, 5.74) is 1.01. The highest BCUT2D eigenvalue weighted by atomic mass is 19.1. The first-order chi connectivity index (χ1) is 13.1. The van der Waals surface area contributed by atoms with E-state index in [-0.39, 0.29) is 18.0 Å². The maximum Gasteiger partial charge on any atom is 0.193 e. The van der Waals surface area contributed by atoms with Gasteiger partial charge in [0, 0.05) is 58.9 Å². The summed E-state index contributed by atoms with van der Waals surface area (Å²) in [6, 6.07) is 7.17. The van der Waals surface area contributed by atoms with Gasteiger partial charge in [0.15, 0.2) is 5.96 Å². The number of benzene rings is 1. The topological polar surface area (TPSA) is 43.3 Å². The van der Waals surface area contributed by atoms with Crippen LogP contribution < -0.4 is 5.32 Å². The zero-order valence-corrected chi connectivity index (χ0v) is 16.3. The molecule has 4 saturated heterocycles. The van der Waals surface area contributed by atoms with Crippen LogP contribution in [0, 0.1) is 5.82 Å². The van der Waals surface area contributed by atoms with E-state index in [9.17, 15) is 4.39 Å². The molecule has 1 aromatic carbocycles. The van der Waals surface area contributed by atoms with Crippen molar-refractivity contribution in [3.63, 3.8) is 0 Å². The molecule has 148 valence electrons. The summed E-state index contributed by atoms with van der Waals surface area (Å²) in [4.78, 5) is 11.9. The van der Waals surface area contributed by atoms with Crippen LogP contribution in [0.4, 0.5) is 4.39 Å². The van der Waals surface area contributed by atoms with E-state index >= 15 is 0 Å². The average Bonchev–Trinajstić information content (AvgIpc) is 2.69. The Morgan fingerprint density at radius 3 is 2.52 bits per heavy atom. The number of halogens is 1. The summed E-state index contributed by atoms with van der Waals surface area (Å²) in [6.07, 6.45) is 0.0151. The number of fused-ring (bicyclic) bond motifs is 3. The molecule has 1 aromatic rings. The average molecular weight is 375 g/mol. The van der Waals surface area contributed by atoms with Crippen LogP contribution in [0.3, 0.4) is 0 Å². The second-order valence-corrected chi connectivity index (χ2v) is 7.81. The van der Waals surface area contributed by atoms with Crippen molar-refractivity contribution < 1.29 is 9.13 Å². The van der Waals surface area contributed by atoms with Gasteiger partial charge in [-0.3, -0.25) is 14.8 Å². The van der Waals surface area contributed by atoms with E-state index in [4.69, 9.17) is 4.74 Å². The van der Waals surface area contributed by atoms with Crippen LogP contribution in [0.15, 0.2) is 29.3 Å². The number of hydrogen-bond donors (Lipinski definition) is 1. The first kappa shape index (κ1) is 18.7. The zero-order valence-electron chi connectivity index (χ0n) is 16.3. The fraction of sp³-hybridized carbons (Fsp3) is 0.650. The Morgan fingerprint density at radius 2 is 1.89 bits per heavy atom. The Hall–Kier alpha value is -1.70. The molecule has 5 rings (SSSR count). The maximum absolute atomic E-state index is 13.2. The molecule has 0 aliphatic carbocycles. The van der Waals surface area contributed by atoms with Gasteiger partial charge in [-0.15, -0.1) is 0 Å². The summed E-state index contributed by atoms with van der Waals surface area (Å²) in [5.74, 6) is 0.708. The number of hydrogen-bond acceptors (Lipinski definition) is 4. The molecule has 0 radical (unpaired) electrons. The number of piperazine rings is 3. The number of aliphatic imine (C=N–C) groups is 1. The number of morpholine rings is 1. The molecule has 27 heavy (non-hydrogen) atoms. The molecule has 3 atom stereocenters. The molecule has 4 aliphatic rings. The van der Waals surface area contributed by atoms with Crippen LogP contribution >= 0.6 is 0 Å². The number of ether oxygens (including phenoxy) is 1. The fourth-order valence-electron chi connectivity index (χ4n) is 4.45. The Kier molecular flexibility index (Phi) is 5.61. The van der Waals surface area contributed by atoms with E-state index in [1.807, 2.05) is 19.2 Å². The smallest absolute Gasteiger partial charge is 0.193 e. The summed E-state index contributed by atoms with van der Waals surface area (Å²) < 4.78 is 19.4. The third-order valence-corrected chi connectivity index (χ3v) is 5.90. The summed E-state index contributed by atoms with van der Waals surface area (Å²) >= 11 is 0. The van der Waals surface area contributed by atoms with Crippen molar-refractivity contribution in [2.24, 2.45) is 4.99 Å². The first-order valence-electron chi connectivity index (χ1n) is 9.95. The Bertz CT molecular complexity index is 659. The number of rotatable bonds is 3. The number of nitrogens with zero attached hydrogens (tertiary/aromatic N) is 4. The molecule has 2 bridgehead atoms. The maximum atomic E-state index is 13.2. The lowest BCUT2D eigenvalue weighted by atomic mass is 10.1. The Morgan fingerprint density at radius 1 is 1.15 bits per heavy atom. The van der Waals surface area contributed by atoms with E-state index < -0.39 is 0 Å². The fourth-order valence-corrected chi connectivity index (χ4v) is 4.45. The van der Waals surface area contributed by atoms with E-state index in [1.54, 1.807) is 0 Å². The predicted octanol–water partition coefficient (Wildman–Crippen LogP) is 1.16. The monoisotopic (exact) mass is 375 g/mol. The molecular weight excluding hydrogens is 345 g/mol. The molecule has 4 heterocycles. The van der Waals surface area contributed by atoms with Crippen molar-refractivity contribution >= 4 is 5.96 Å². The van der Waals surface area contributed by atoms with Crippen molar-refractivity contribution in [3.8, 4) is 0 Å². The first-order valence-corrected chi connectivity index (χ1v) is 9.95. The van der Waals surface area contributed by atoms with E-state index in [2.05, 4.69) is 31.9 Å². The predicted molar refractivity (Wildman–Crippen MR) is 104 cm³/mol. The molecule has 6 nitrogen and oxygen atoms in total. The lowest BCUT2D eigenvalue weighted by molar-refractivity contribution is -0.0607. The van der Waals surface area contributed by atoms with E-state index in [0.717, 1.165) is 37.7 Å². The van der Waals surface area contributed by atoms with Gasteiger partial charge in [0.2, 0.25) is 0 Å². The van der Waals surface area contributed by atoms with Crippen molar-refractivity contribution in [2.45, 2.75) is 25.2 Å². The minimum absolute atomic E-state index is 0.0755. The second-order valence-electron chi connectivity index (χ2n) is 7.81.